The minimum atomic E-state index is -0.479. The maximum Gasteiger partial charge on any atom is 0.314 e. The maximum absolute atomic E-state index is 11.5. The SMILES string of the molecule is COC(=O)[C@H](CNC=O)c1cccc(Br)c1. The third-order valence-corrected chi connectivity index (χ3v) is 2.64. The molecule has 4 nitrogen and oxygen atoms in total. The first kappa shape index (κ1) is 12.7. The summed E-state index contributed by atoms with van der Waals surface area (Å²) in [5.74, 6) is -0.847. The molecule has 0 fully saturated rings. The van der Waals surface area contributed by atoms with Gasteiger partial charge in [0, 0.05) is 11.0 Å². The van der Waals surface area contributed by atoms with Gasteiger partial charge in [0.1, 0.15) is 0 Å². The Morgan fingerprint density at radius 3 is 2.94 bits per heavy atom. The van der Waals surface area contributed by atoms with Gasteiger partial charge in [-0.05, 0) is 17.7 Å². The lowest BCUT2D eigenvalue weighted by atomic mass is 9.99. The van der Waals surface area contributed by atoms with E-state index in [2.05, 4.69) is 21.2 Å². The molecule has 1 aromatic carbocycles. The van der Waals surface area contributed by atoms with E-state index in [1.165, 1.54) is 7.11 Å². The molecule has 0 bridgehead atoms. The molecule has 0 aliphatic carbocycles. The van der Waals surface area contributed by atoms with Gasteiger partial charge in [0.25, 0.3) is 0 Å². The van der Waals surface area contributed by atoms with E-state index in [0.717, 1.165) is 10.0 Å². The lowest BCUT2D eigenvalue weighted by Gasteiger charge is -2.14. The molecule has 0 radical (unpaired) electrons. The average Bonchev–Trinajstić information content (AvgIpc) is 2.29. The number of methoxy groups -OCH3 is 1. The standard InChI is InChI=1S/C11H12BrNO3/c1-16-11(15)10(6-13-7-14)8-3-2-4-9(12)5-8/h2-5,7,10H,6H2,1H3,(H,13,14)/t10-/m1/s1. The maximum atomic E-state index is 11.5. The number of benzene rings is 1. The van der Waals surface area contributed by atoms with Crippen LogP contribution in [0.2, 0.25) is 0 Å². The minimum absolute atomic E-state index is 0.229. The predicted molar refractivity (Wildman–Crippen MR) is 63.0 cm³/mol. The summed E-state index contributed by atoms with van der Waals surface area (Å²) in [7, 11) is 1.33. The predicted octanol–water partition coefficient (Wildman–Crippen LogP) is 1.45. The topological polar surface area (TPSA) is 55.4 Å². The fourth-order valence-corrected chi connectivity index (χ4v) is 1.79. The van der Waals surface area contributed by atoms with Gasteiger partial charge in [-0.3, -0.25) is 9.59 Å². The Bertz CT molecular complexity index is 381. The molecule has 5 heteroatoms. The van der Waals surface area contributed by atoms with Crippen LogP contribution in [0.15, 0.2) is 28.7 Å². The van der Waals surface area contributed by atoms with Gasteiger partial charge in [0.05, 0.1) is 13.0 Å². The molecule has 0 aliphatic rings. The molecule has 0 aromatic heterocycles. The molecular formula is C11H12BrNO3. The summed E-state index contributed by atoms with van der Waals surface area (Å²) in [6, 6.07) is 7.34. The Morgan fingerprint density at radius 2 is 2.38 bits per heavy atom. The molecule has 1 amide bonds. The number of esters is 1. The van der Waals surface area contributed by atoms with Gasteiger partial charge in [-0.25, -0.2) is 0 Å². The molecule has 0 spiro atoms. The van der Waals surface area contributed by atoms with E-state index in [4.69, 9.17) is 4.74 Å². The fourth-order valence-electron chi connectivity index (χ4n) is 1.37. The summed E-state index contributed by atoms with van der Waals surface area (Å²) in [6.45, 7) is 0.229. The lowest BCUT2D eigenvalue weighted by molar-refractivity contribution is -0.142. The van der Waals surface area contributed by atoms with Crippen molar-refractivity contribution in [2.45, 2.75) is 5.92 Å². The number of halogens is 1. The first-order valence-electron chi connectivity index (χ1n) is 4.69. The minimum Gasteiger partial charge on any atom is -0.468 e. The van der Waals surface area contributed by atoms with Crippen molar-refractivity contribution < 1.29 is 14.3 Å². The molecular weight excluding hydrogens is 274 g/mol. The van der Waals surface area contributed by atoms with Crippen molar-refractivity contribution >= 4 is 28.3 Å². The van der Waals surface area contributed by atoms with Crippen LogP contribution in [0.25, 0.3) is 0 Å². The number of carbonyl (C=O) groups excluding carboxylic acids is 2. The third-order valence-electron chi connectivity index (χ3n) is 2.14. The van der Waals surface area contributed by atoms with Crippen molar-refractivity contribution in [3.63, 3.8) is 0 Å². The van der Waals surface area contributed by atoms with Gasteiger partial charge < -0.3 is 10.1 Å². The summed E-state index contributed by atoms with van der Waals surface area (Å²) in [5, 5.41) is 2.48. The van der Waals surface area contributed by atoms with Gasteiger partial charge >= 0.3 is 5.97 Å². The van der Waals surface area contributed by atoms with E-state index in [9.17, 15) is 9.59 Å². The Kier molecular flexibility index (Phi) is 4.98. The van der Waals surface area contributed by atoms with Gasteiger partial charge in [-0.1, -0.05) is 28.1 Å². The smallest absolute Gasteiger partial charge is 0.314 e. The first-order valence-corrected chi connectivity index (χ1v) is 5.48. The van der Waals surface area contributed by atoms with E-state index in [1.807, 2.05) is 24.3 Å². The zero-order valence-electron chi connectivity index (χ0n) is 8.77. The number of amides is 1. The van der Waals surface area contributed by atoms with Crippen LogP contribution < -0.4 is 5.32 Å². The van der Waals surface area contributed by atoms with Crippen molar-refractivity contribution in [2.24, 2.45) is 0 Å². The highest BCUT2D eigenvalue weighted by Crippen LogP contribution is 2.20. The van der Waals surface area contributed by atoms with Crippen molar-refractivity contribution in [1.29, 1.82) is 0 Å². The van der Waals surface area contributed by atoms with Crippen molar-refractivity contribution in [3.05, 3.63) is 34.3 Å². The highest BCUT2D eigenvalue weighted by Gasteiger charge is 2.20. The molecule has 16 heavy (non-hydrogen) atoms. The van der Waals surface area contributed by atoms with E-state index in [-0.39, 0.29) is 12.5 Å². The molecule has 1 N–H and O–H groups in total. The van der Waals surface area contributed by atoms with Gasteiger partial charge in [-0.2, -0.15) is 0 Å². The Hall–Kier alpha value is -1.36. The van der Waals surface area contributed by atoms with Gasteiger partial charge in [-0.15, -0.1) is 0 Å². The summed E-state index contributed by atoms with van der Waals surface area (Å²) in [4.78, 5) is 21.8. The number of ether oxygens (including phenoxy) is 1. The second-order valence-corrected chi connectivity index (χ2v) is 4.07. The number of carbonyl (C=O) groups is 2. The van der Waals surface area contributed by atoms with Crippen molar-refractivity contribution in [2.75, 3.05) is 13.7 Å². The van der Waals surface area contributed by atoms with Crippen LogP contribution in [-0.2, 0) is 14.3 Å². The first-order chi connectivity index (χ1) is 7.69. The Morgan fingerprint density at radius 1 is 1.62 bits per heavy atom. The summed E-state index contributed by atoms with van der Waals surface area (Å²) in [6.07, 6.45) is 0.563. The summed E-state index contributed by atoms with van der Waals surface area (Å²) in [5.41, 5.74) is 0.801. The number of rotatable bonds is 5. The van der Waals surface area contributed by atoms with Gasteiger partial charge in [0.2, 0.25) is 6.41 Å². The second-order valence-electron chi connectivity index (χ2n) is 3.16. The normalized spacial score (nSPS) is 11.6. The summed E-state index contributed by atoms with van der Waals surface area (Å²) >= 11 is 3.33. The van der Waals surface area contributed by atoms with Crippen LogP contribution in [0.5, 0.6) is 0 Å². The summed E-state index contributed by atoms with van der Waals surface area (Å²) < 4.78 is 5.57. The quantitative estimate of drug-likeness (QED) is 0.658. The van der Waals surface area contributed by atoms with Crippen LogP contribution in [0.3, 0.4) is 0 Å². The molecule has 1 aromatic rings. The number of hydrogen-bond acceptors (Lipinski definition) is 3. The Balaban J connectivity index is 2.91. The zero-order chi connectivity index (χ0) is 12.0. The molecule has 0 saturated carbocycles. The Labute approximate surface area is 102 Å². The van der Waals surface area contributed by atoms with E-state index < -0.39 is 5.92 Å². The number of nitrogens with one attached hydrogen (secondary N) is 1. The molecule has 0 heterocycles. The molecule has 1 atom stereocenters. The van der Waals surface area contributed by atoms with Crippen molar-refractivity contribution in [1.82, 2.24) is 5.32 Å². The third kappa shape index (κ3) is 3.34. The molecule has 0 saturated heterocycles. The van der Waals surface area contributed by atoms with Crippen LogP contribution in [0.1, 0.15) is 11.5 Å². The highest BCUT2D eigenvalue weighted by molar-refractivity contribution is 9.10. The molecule has 0 unspecified atom stereocenters. The van der Waals surface area contributed by atoms with E-state index in [0.29, 0.717) is 6.41 Å². The molecule has 1 rings (SSSR count). The van der Waals surface area contributed by atoms with E-state index >= 15 is 0 Å². The fraction of sp³-hybridized carbons (Fsp3) is 0.273. The van der Waals surface area contributed by atoms with Crippen LogP contribution in [0.4, 0.5) is 0 Å². The second kappa shape index (κ2) is 6.27. The van der Waals surface area contributed by atoms with Gasteiger partial charge in [0.15, 0.2) is 0 Å². The number of hydrogen-bond donors (Lipinski definition) is 1. The van der Waals surface area contributed by atoms with Crippen LogP contribution in [0, 0.1) is 0 Å². The lowest BCUT2D eigenvalue weighted by Crippen LogP contribution is -2.26. The molecule has 86 valence electrons. The highest BCUT2D eigenvalue weighted by atomic mass is 79.9. The van der Waals surface area contributed by atoms with Crippen LogP contribution >= 0.6 is 15.9 Å². The van der Waals surface area contributed by atoms with Crippen molar-refractivity contribution in [3.8, 4) is 0 Å². The largest absolute Gasteiger partial charge is 0.468 e. The monoisotopic (exact) mass is 285 g/mol. The van der Waals surface area contributed by atoms with E-state index in [1.54, 1.807) is 0 Å². The average molecular weight is 286 g/mol. The van der Waals surface area contributed by atoms with Crippen LogP contribution in [-0.4, -0.2) is 26.0 Å². The molecule has 0 aliphatic heterocycles. The zero-order valence-corrected chi connectivity index (χ0v) is 10.4.